The lowest BCUT2D eigenvalue weighted by molar-refractivity contribution is 0.0887. The van der Waals surface area contributed by atoms with Crippen molar-refractivity contribution in [3.63, 3.8) is 0 Å². The fourth-order valence-electron chi connectivity index (χ4n) is 2.73. The average molecular weight is 367 g/mol. The number of nitrogens with zero attached hydrogens (tertiary/aromatic N) is 3. The number of ether oxygens (including phenoxy) is 1. The summed E-state index contributed by atoms with van der Waals surface area (Å²) in [7, 11) is 1.63. The molecule has 1 atom stereocenters. The van der Waals surface area contributed by atoms with Crippen molar-refractivity contribution >= 4 is 5.91 Å². The molecule has 2 heterocycles. The molecule has 0 fully saturated rings. The Morgan fingerprint density at radius 3 is 2.63 bits per heavy atom. The predicted octanol–water partition coefficient (Wildman–Crippen LogP) is 3.13. The molecule has 142 valence electrons. The molecule has 7 heteroatoms. The molecule has 0 aliphatic heterocycles. The van der Waals surface area contributed by atoms with Crippen LogP contribution < -0.4 is 10.1 Å². The van der Waals surface area contributed by atoms with E-state index in [-0.39, 0.29) is 17.4 Å². The summed E-state index contributed by atoms with van der Waals surface area (Å²) in [6, 6.07) is 9.25. The van der Waals surface area contributed by atoms with Gasteiger partial charge < -0.3 is 14.6 Å². The molecule has 7 nitrogen and oxygen atoms in total. The molecule has 0 spiro atoms. The highest BCUT2D eigenvalue weighted by atomic mass is 16.5. The zero-order valence-electron chi connectivity index (χ0n) is 16.1. The Morgan fingerprint density at radius 1 is 1.30 bits per heavy atom. The third kappa shape index (κ3) is 4.55. The molecule has 0 unspecified atom stereocenters. The second-order valence-electron chi connectivity index (χ2n) is 7.55. The van der Waals surface area contributed by atoms with Gasteiger partial charge in [0.2, 0.25) is 0 Å². The van der Waals surface area contributed by atoms with Gasteiger partial charge in [0.25, 0.3) is 5.91 Å². The maximum Gasteiger partial charge on any atom is 0.269 e. The molecule has 0 saturated carbocycles. The van der Waals surface area contributed by atoms with Crippen molar-refractivity contribution in [3.8, 4) is 17.0 Å². The summed E-state index contributed by atoms with van der Waals surface area (Å²) >= 11 is 0. The summed E-state index contributed by atoms with van der Waals surface area (Å²) in [6.45, 7) is 6.95. The number of aromatic nitrogens is 4. The Bertz CT molecular complexity index is 876. The number of aromatic amines is 1. The molecule has 3 rings (SSSR count). The third-order valence-electron chi connectivity index (χ3n) is 4.51. The zero-order valence-corrected chi connectivity index (χ0v) is 16.1. The van der Waals surface area contributed by atoms with Crippen molar-refractivity contribution < 1.29 is 9.53 Å². The first-order valence-electron chi connectivity index (χ1n) is 8.83. The molecule has 3 aromatic rings. The van der Waals surface area contributed by atoms with Crippen molar-refractivity contribution in [2.75, 3.05) is 7.11 Å². The van der Waals surface area contributed by atoms with Crippen LogP contribution in [0.1, 0.15) is 31.3 Å². The number of hydrogen-bond donors (Lipinski definition) is 2. The first-order chi connectivity index (χ1) is 12.9. The number of benzene rings is 1. The largest absolute Gasteiger partial charge is 0.497 e. The smallest absolute Gasteiger partial charge is 0.269 e. The molecule has 27 heavy (non-hydrogen) atoms. The van der Waals surface area contributed by atoms with Gasteiger partial charge in [0.15, 0.2) is 0 Å². The highest BCUT2D eigenvalue weighted by Crippen LogP contribution is 2.23. The predicted molar refractivity (Wildman–Crippen MR) is 104 cm³/mol. The molecular weight excluding hydrogens is 342 g/mol. The lowest BCUT2D eigenvalue weighted by Gasteiger charge is -2.31. The minimum absolute atomic E-state index is 0.0630. The van der Waals surface area contributed by atoms with Gasteiger partial charge in [-0.3, -0.25) is 9.89 Å². The van der Waals surface area contributed by atoms with Crippen LogP contribution in [0, 0.1) is 5.41 Å². The molecule has 0 saturated heterocycles. The number of rotatable bonds is 6. The molecule has 0 aliphatic carbocycles. The highest BCUT2D eigenvalue weighted by molar-refractivity contribution is 5.93. The average Bonchev–Trinajstić information content (AvgIpc) is 3.32. The number of imidazole rings is 1. The fourth-order valence-corrected chi connectivity index (χ4v) is 2.73. The quantitative estimate of drug-likeness (QED) is 0.701. The number of H-pyrrole nitrogens is 1. The summed E-state index contributed by atoms with van der Waals surface area (Å²) in [4.78, 5) is 16.8. The number of amides is 1. The molecule has 1 amide bonds. The van der Waals surface area contributed by atoms with Gasteiger partial charge in [0.05, 0.1) is 25.2 Å². The molecule has 0 bridgehead atoms. The van der Waals surface area contributed by atoms with E-state index in [4.69, 9.17) is 4.74 Å². The maximum atomic E-state index is 12.7. The number of hydrogen-bond acceptors (Lipinski definition) is 4. The first-order valence-corrected chi connectivity index (χ1v) is 8.83. The third-order valence-corrected chi connectivity index (χ3v) is 4.51. The number of nitrogens with one attached hydrogen (secondary N) is 2. The van der Waals surface area contributed by atoms with Crippen molar-refractivity contribution in [3.05, 3.63) is 54.7 Å². The van der Waals surface area contributed by atoms with Crippen LogP contribution in [0.4, 0.5) is 0 Å². The maximum absolute atomic E-state index is 12.7. The summed E-state index contributed by atoms with van der Waals surface area (Å²) in [5, 5.41) is 10.2. The van der Waals surface area contributed by atoms with E-state index >= 15 is 0 Å². The van der Waals surface area contributed by atoms with Crippen LogP contribution in [0.3, 0.4) is 0 Å². The molecule has 0 aliphatic rings. The number of carbonyl (C=O) groups excluding carboxylic acids is 1. The second kappa shape index (κ2) is 7.65. The van der Waals surface area contributed by atoms with E-state index in [0.717, 1.165) is 11.3 Å². The lowest BCUT2D eigenvalue weighted by Crippen LogP contribution is -2.46. The van der Waals surface area contributed by atoms with E-state index in [1.807, 2.05) is 35.0 Å². The van der Waals surface area contributed by atoms with Crippen LogP contribution >= 0.6 is 0 Å². The van der Waals surface area contributed by atoms with Gasteiger partial charge in [-0.2, -0.15) is 5.10 Å². The van der Waals surface area contributed by atoms with Crippen molar-refractivity contribution in [2.24, 2.45) is 5.41 Å². The van der Waals surface area contributed by atoms with E-state index in [0.29, 0.717) is 17.9 Å². The fraction of sp³-hybridized carbons (Fsp3) is 0.350. The van der Waals surface area contributed by atoms with Gasteiger partial charge in [-0.05, 0) is 35.7 Å². The minimum Gasteiger partial charge on any atom is -0.497 e. The van der Waals surface area contributed by atoms with Crippen LogP contribution in [0.5, 0.6) is 5.75 Å². The Hall–Kier alpha value is -3.09. The van der Waals surface area contributed by atoms with Gasteiger partial charge in [0.1, 0.15) is 11.4 Å². The SMILES string of the molecule is COc1ccc(-c2cc(C(=O)N[C@H](Cn3ccnc3)C(C)(C)C)[nH]n2)cc1. The standard InChI is InChI=1S/C20H25N5O2/c1-20(2,3)18(12-25-10-9-21-13-25)22-19(26)17-11-16(23-24-17)14-5-7-15(27-4)8-6-14/h5-11,13,18H,12H2,1-4H3,(H,22,26)(H,23,24)/t18-/m1/s1. The normalized spacial score (nSPS) is 12.6. The topological polar surface area (TPSA) is 84.8 Å². The lowest BCUT2D eigenvalue weighted by atomic mass is 9.86. The van der Waals surface area contributed by atoms with Crippen molar-refractivity contribution in [2.45, 2.75) is 33.4 Å². The summed E-state index contributed by atoms with van der Waals surface area (Å²) < 4.78 is 7.13. The first kappa shape index (κ1) is 18.7. The molecule has 2 N–H and O–H groups in total. The van der Waals surface area contributed by atoms with E-state index in [1.165, 1.54) is 0 Å². The summed E-state index contributed by atoms with van der Waals surface area (Å²) in [5.74, 6) is 0.599. The van der Waals surface area contributed by atoms with E-state index in [9.17, 15) is 4.79 Å². The van der Waals surface area contributed by atoms with Crippen molar-refractivity contribution in [1.82, 2.24) is 25.1 Å². The minimum atomic E-state index is -0.178. The Kier molecular flexibility index (Phi) is 5.30. The van der Waals surface area contributed by atoms with Gasteiger partial charge >= 0.3 is 0 Å². The van der Waals surface area contributed by atoms with Gasteiger partial charge in [-0.25, -0.2) is 4.98 Å². The summed E-state index contributed by atoms with van der Waals surface area (Å²) in [6.07, 6.45) is 5.38. The molecule has 1 aromatic carbocycles. The van der Waals surface area contributed by atoms with Crippen LogP contribution in [0.2, 0.25) is 0 Å². The zero-order chi connectivity index (χ0) is 19.4. The van der Waals surface area contributed by atoms with Gasteiger partial charge in [-0.1, -0.05) is 20.8 Å². The number of methoxy groups -OCH3 is 1. The summed E-state index contributed by atoms with van der Waals surface area (Å²) in [5.41, 5.74) is 1.95. The number of carbonyl (C=O) groups is 1. The monoisotopic (exact) mass is 367 g/mol. The molecule has 0 radical (unpaired) electrons. The van der Waals surface area contributed by atoms with Crippen LogP contribution in [-0.4, -0.2) is 38.8 Å². The molecular formula is C20H25N5O2. The Balaban J connectivity index is 1.73. The van der Waals surface area contributed by atoms with Crippen molar-refractivity contribution in [1.29, 1.82) is 0 Å². The van der Waals surface area contributed by atoms with Gasteiger partial charge in [0, 0.05) is 24.5 Å². The molecule has 2 aromatic heterocycles. The second-order valence-corrected chi connectivity index (χ2v) is 7.55. The Labute approximate surface area is 158 Å². The van der Waals surface area contributed by atoms with Crippen LogP contribution in [-0.2, 0) is 6.54 Å². The van der Waals surface area contributed by atoms with Crippen LogP contribution in [0.25, 0.3) is 11.3 Å². The van der Waals surface area contributed by atoms with Crippen LogP contribution in [0.15, 0.2) is 49.1 Å². The van der Waals surface area contributed by atoms with Gasteiger partial charge in [-0.15, -0.1) is 0 Å². The van der Waals surface area contributed by atoms with E-state index in [1.54, 1.807) is 25.7 Å². The Morgan fingerprint density at radius 2 is 2.04 bits per heavy atom. The highest BCUT2D eigenvalue weighted by Gasteiger charge is 2.27. The van der Waals surface area contributed by atoms with E-state index in [2.05, 4.69) is 41.3 Å². The van der Waals surface area contributed by atoms with E-state index < -0.39 is 0 Å².